The number of aliphatic carboxylic acids is 2. The molecule has 2 aliphatic carbocycles. The van der Waals surface area contributed by atoms with Gasteiger partial charge in [-0.25, -0.2) is 0 Å². The summed E-state index contributed by atoms with van der Waals surface area (Å²) in [5, 5.41) is 17.8. The highest BCUT2D eigenvalue weighted by molar-refractivity contribution is 5.66. The van der Waals surface area contributed by atoms with E-state index in [9.17, 15) is 9.59 Å². The van der Waals surface area contributed by atoms with E-state index in [4.69, 9.17) is 10.2 Å². The first-order valence-corrected chi connectivity index (χ1v) is 8.48. The zero-order valence-corrected chi connectivity index (χ0v) is 12.9. The third-order valence-corrected chi connectivity index (χ3v) is 5.90. The summed E-state index contributed by atoms with van der Waals surface area (Å²) in [6, 6.07) is 0. The fraction of sp³-hybridized carbons (Fsp3) is 0.882. The molecular formula is C17H28O4. The van der Waals surface area contributed by atoms with Crippen molar-refractivity contribution >= 4 is 11.9 Å². The molecule has 2 rings (SSSR count). The maximum atomic E-state index is 10.8. The van der Waals surface area contributed by atoms with Crippen molar-refractivity contribution in [2.45, 2.75) is 77.0 Å². The molecule has 0 saturated heterocycles. The summed E-state index contributed by atoms with van der Waals surface area (Å²) in [6.07, 6.45) is 11.6. The predicted octanol–water partition coefficient (Wildman–Crippen LogP) is 4.08. The van der Waals surface area contributed by atoms with Gasteiger partial charge in [-0.3, -0.25) is 9.59 Å². The summed E-state index contributed by atoms with van der Waals surface area (Å²) in [5.74, 6) is 0.00379. The minimum atomic E-state index is -0.711. The zero-order valence-electron chi connectivity index (χ0n) is 12.9. The van der Waals surface area contributed by atoms with E-state index in [2.05, 4.69) is 0 Å². The van der Waals surface area contributed by atoms with Gasteiger partial charge in [0.25, 0.3) is 0 Å². The van der Waals surface area contributed by atoms with Gasteiger partial charge < -0.3 is 10.2 Å². The Balaban J connectivity index is 2.00. The zero-order chi connectivity index (χ0) is 15.3. The number of carboxylic acids is 2. The minimum Gasteiger partial charge on any atom is -0.481 e. The summed E-state index contributed by atoms with van der Waals surface area (Å²) in [5.41, 5.74) is 0.238. The Morgan fingerprint density at radius 2 is 1.19 bits per heavy atom. The molecule has 0 aliphatic heterocycles. The van der Waals surface area contributed by atoms with Crippen LogP contribution in [0.25, 0.3) is 0 Å². The summed E-state index contributed by atoms with van der Waals surface area (Å²) < 4.78 is 0. The molecule has 120 valence electrons. The van der Waals surface area contributed by atoms with E-state index in [1.54, 1.807) is 0 Å². The maximum absolute atomic E-state index is 10.8. The molecule has 0 heterocycles. The van der Waals surface area contributed by atoms with Gasteiger partial charge in [-0.05, 0) is 68.6 Å². The van der Waals surface area contributed by atoms with E-state index in [0.717, 1.165) is 25.7 Å². The number of carbonyl (C=O) groups is 2. The number of hydrogen-bond donors (Lipinski definition) is 2. The van der Waals surface area contributed by atoms with Gasteiger partial charge in [-0.2, -0.15) is 0 Å². The van der Waals surface area contributed by atoms with Gasteiger partial charge in [0.05, 0.1) is 0 Å². The molecule has 0 aromatic carbocycles. The summed E-state index contributed by atoms with van der Waals surface area (Å²) in [4.78, 5) is 21.6. The van der Waals surface area contributed by atoms with Gasteiger partial charge in [0, 0.05) is 12.8 Å². The van der Waals surface area contributed by atoms with Crippen LogP contribution in [0.15, 0.2) is 0 Å². The van der Waals surface area contributed by atoms with Crippen molar-refractivity contribution in [3.8, 4) is 0 Å². The van der Waals surface area contributed by atoms with Gasteiger partial charge in [-0.1, -0.05) is 12.8 Å². The second-order valence-electron chi connectivity index (χ2n) is 6.98. The lowest BCUT2D eigenvalue weighted by Gasteiger charge is -2.54. The molecule has 0 aromatic rings. The third kappa shape index (κ3) is 3.98. The van der Waals surface area contributed by atoms with Crippen LogP contribution in [0.1, 0.15) is 77.0 Å². The molecule has 21 heavy (non-hydrogen) atoms. The van der Waals surface area contributed by atoms with Crippen LogP contribution in [-0.2, 0) is 9.59 Å². The lowest BCUT2D eigenvalue weighted by Crippen LogP contribution is -2.44. The quantitative estimate of drug-likeness (QED) is 0.637. The average Bonchev–Trinajstić information content (AvgIpc) is 2.22. The molecule has 0 bridgehead atoms. The second kappa shape index (κ2) is 7.28. The number of carboxylic acid groups (broad SMARTS) is 2. The lowest BCUT2D eigenvalue weighted by molar-refractivity contribution is -0.138. The summed E-state index contributed by atoms with van der Waals surface area (Å²) in [7, 11) is 0. The normalized spacial score (nSPS) is 19.8. The first-order chi connectivity index (χ1) is 10.0. The molecule has 4 nitrogen and oxygen atoms in total. The van der Waals surface area contributed by atoms with Crippen molar-refractivity contribution in [3.05, 3.63) is 0 Å². The van der Waals surface area contributed by atoms with E-state index in [-0.39, 0.29) is 18.3 Å². The topological polar surface area (TPSA) is 74.6 Å². The predicted molar refractivity (Wildman–Crippen MR) is 80.1 cm³/mol. The molecule has 2 saturated carbocycles. The van der Waals surface area contributed by atoms with E-state index in [1.807, 2.05) is 0 Å². The average molecular weight is 296 g/mol. The van der Waals surface area contributed by atoms with Gasteiger partial charge in [0.1, 0.15) is 0 Å². The van der Waals surface area contributed by atoms with Crippen LogP contribution in [0.5, 0.6) is 0 Å². The Morgan fingerprint density at radius 1 is 0.810 bits per heavy atom. The van der Waals surface area contributed by atoms with E-state index < -0.39 is 11.9 Å². The Hall–Kier alpha value is -1.06. The fourth-order valence-corrected chi connectivity index (χ4v) is 4.38. The molecule has 0 spiro atoms. The standard InChI is InChI=1S/C17H28O4/c18-15(19)9-3-11-17(13-5-1-6-13,14-7-2-8-14)12-4-10-16(20)21/h13-14H,1-12H2,(H,18,19)(H,20,21). The van der Waals surface area contributed by atoms with Gasteiger partial charge in [0.15, 0.2) is 0 Å². The number of rotatable bonds is 10. The van der Waals surface area contributed by atoms with E-state index in [1.165, 1.54) is 38.5 Å². The monoisotopic (exact) mass is 296 g/mol. The first kappa shape index (κ1) is 16.3. The SMILES string of the molecule is O=C(O)CCCC(CCCC(=O)O)(C1CCC1)C1CCC1. The third-order valence-electron chi connectivity index (χ3n) is 5.90. The van der Waals surface area contributed by atoms with Crippen LogP contribution < -0.4 is 0 Å². The van der Waals surface area contributed by atoms with Crippen molar-refractivity contribution in [2.24, 2.45) is 17.3 Å². The van der Waals surface area contributed by atoms with E-state index in [0.29, 0.717) is 11.8 Å². The summed E-state index contributed by atoms with van der Waals surface area (Å²) in [6.45, 7) is 0. The maximum Gasteiger partial charge on any atom is 0.303 e. The molecular weight excluding hydrogens is 268 g/mol. The van der Waals surface area contributed by atoms with Crippen LogP contribution in [-0.4, -0.2) is 22.2 Å². The molecule has 2 aliphatic rings. The highest BCUT2D eigenvalue weighted by atomic mass is 16.4. The molecule has 2 fully saturated rings. The highest BCUT2D eigenvalue weighted by Crippen LogP contribution is 2.58. The molecule has 2 N–H and O–H groups in total. The van der Waals surface area contributed by atoms with Gasteiger partial charge in [-0.15, -0.1) is 0 Å². The minimum absolute atomic E-state index is 0.238. The molecule has 0 atom stereocenters. The Morgan fingerprint density at radius 3 is 1.43 bits per heavy atom. The Kier molecular flexibility index (Phi) is 5.65. The Bertz CT molecular complexity index is 333. The van der Waals surface area contributed by atoms with Crippen molar-refractivity contribution in [1.29, 1.82) is 0 Å². The van der Waals surface area contributed by atoms with Gasteiger partial charge in [0.2, 0.25) is 0 Å². The fourth-order valence-electron chi connectivity index (χ4n) is 4.38. The summed E-state index contributed by atoms with van der Waals surface area (Å²) >= 11 is 0. The van der Waals surface area contributed by atoms with Crippen LogP contribution in [0.3, 0.4) is 0 Å². The number of hydrogen-bond acceptors (Lipinski definition) is 2. The lowest BCUT2D eigenvalue weighted by atomic mass is 9.51. The van der Waals surface area contributed by atoms with Crippen molar-refractivity contribution in [1.82, 2.24) is 0 Å². The van der Waals surface area contributed by atoms with Gasteiger partial charge >= 0.3 is 11.9 Å². The molecule has 0 radical (unpaired) electrons. The van der Waals surface area contributed by atoms with Crippen molar-refractivity contribution < 1.29 is 19.8 Å². The van der Waals surface area contributed by atoms with Crippen molar-refractivity contribution in [3.63, 3.8) is 0 Å². The van der Waals surface area contributed by atoms with E-state index >= 15 is 0 Å². The smallest absolute Gasteiger partial charge is 0.303 e. The molecule has 0 unspecified atom stereocenters. The largest absolute Gasteiger partial charge is 0.481 e. The first-order valence-electron chi connectivity index (χ1n) is 8.48. The molecule has 0 aromatic heterocycles. The van der Waals surface area contributed by atoms with Crippen LogP contribution in [0.2, 0.25) is 0 Å². The van der Waals surface area contributed by atoms with Crippen molar-refractivity contribution in [2.75, 3.05) is 0 Å². The van der Waals surface area contributed by atoms with Crippen LogP contribution in [0, 0.1) is 17.3 Å². The highest BCUT2D eigenvalue weighted by Gasteiger charge is 2.48. The van der Waals surface area contributed by atoms with Crippen LogP contribution >= 0.6 is 0 Å². The molecule has 0 amide bonds. The second-order valence-corrected chi connectivity index (χ2v) is 6.98. The van der Waals surface area contributed by atoms with Crippen LogP contribution in [0.4, 0.5) is 0 Å². The molecule has 4 heteroatoms. The Labute approximate surface area is 126 Å².